The Bertz CT molecular complexity index is 454. The summed E-state index contributed by atoms with van der Waals surface area (Å²) in [6, 6.07) is 0. The van der Waals surface area contributed by atoms with E-state index in [0.29, 0.717) is 0 Å². The molecule has 0 saturated heterocycles. The first kappa shape index (κ1) is 21.7. The molecule has 0 aromatic rings. The molecule has 0 bridgehead atoms. The average Bonchev–Trinajstić information content (AvgIpc) is 2.32. The molecule has 0 radical (unpaired) electrons. The summed E-state index contributed by atoms with van der Waals surface area (Å²) in [5.41, 5.74) is 0. The molecule has 0 heterocycles. The highest BCUT2D eigenvalue weighted by Gasteiger charge is 2.65. The van der Waals surface area contributed by atoms with Crippen LogP contribution in [-0.2, 0) is 4.74 Å². The highest BCUT2D eigenvalue weighted by Crippen LogP contribution is 2.46. The quantitative estimate of drug-likeness (QED) is 0.601. The number of rotatable bonds is 5. The van der Waals surface area contributed by atoms with E-state index in [1.807, 2.05) is 0 Å². The summed E-state index contributed by atoms with van der Waals surface area (Å²) in [7, 11) is 0. The lowest BCUT2D eigenvalue weighted by Crippen LogP contribution is -2.44. The fourth-order valence-corrected chi connectivity index (χ4v) is 0.717. The van der Waals surface area contributed by atoms with E-state index in [9.17, 15) is 61.5 Å². The van der Waals surface area contributed by atoms with Crippen LogP contribution in [0.5, 0.6) is 0 Å². The minimum absolute atomic E-state index is 2.33. The maximum absolute atomic E-state index is 12.6. The van der Waals surface area contributed by atoms with E-state index in [1.165, 1.54) is 0 Å². The van der Waals surface area contributed by atoms with Crippen molar-refractivity contribution in [2.45, 2.75) is 30.3 Å². The molecule has 0 aliphatic heterocycles. The van der Waals surface area contributed by atoms with Gasteiger partial charge in [-0.3, -0.25) is 0 Å². The third-order valence-electron chi connectivity index (χ3n) is 1.93. The molecule has 23 heavy (non-hydrogen) atoms. The molecule has 0 amide bonds. The van der Waals surface area contributed by atoms with Crippen molar-refractivity contribution in [1.82, 2.24) is 0 Å². The topological polar surface area (TPSA) is 9.23 Å². The summed E-state index contributed by atoms with van der Waals surface area (Å²) in [4.78, 5) is 0. The molecule has 0 aromatic heterocycles. The van der Waals surface area contributed by atoms with Gasteiger partial charge in [0.15, 0.2) is 0 Å². The van der Waals surface area contributed by atoms with Gasteiger partial charge in [0.25, 0.3) is 0 Å². The van der Waals surface area contributed by atoms with Crippen molar-refractivity contribution >= 4 is 0 Å². The maximum atomic E-state index is 12.6. The lowest BCUT2D eigenvalue weighted by molar-refractivity contribution is -0.328. The molecule has 15 heteroatoms. The minimum Gasteiger partial charge on any atom is -0.308 e. The fraction of sp³-hybridized carbons (Fsp3) is 0.750. The molecule has 0 N–H and O–H groups in total. The van der Waals surface area contributed by atoms with Crippen molar-refractivity contribution in [1.29, 1.82) is 0 Å². The van der Waals surface area contributed by atoms with Crippen molar-refractivity contribution in [3.05, 3.63) is 11.7 Å². The number of halogens is 14. The minimum atomic E-state index is -6.89. The summed E-state index contributed by atoms with van der Waals surface area (Å²) in [6.45, 7) is -3.37. The van der Waals surface area contributed by atoms with Crippen LogP contribution in [0.15, 0.2) is 11.7 Å². The number of ether oxygens (including phenoxy) is 1. The maximum Gasteiger partial charge on any atom is 0.460 e. The fourth-order valence-electron chi connectivity index (χ4n) is 0.717. The predicted octanol–water partition coefficient (Wildman–Crippen LogP) is 5.14. The van der Waals surface area contributed by atoms with Crippen LogP contribution >= 0.6 is 0 Å². The Labute approximate surface area is 116 Å². The van der Waals surface area contributed by atoms with E-state index in [0.717, 1.165) is 0 Å². The van der Waals surface area contributed by atoms with E-state index in [2.05, 4.69) is 4.74 Å². The molecule has 0 aliphatic carbocycles. The van der Waals surface area contributed by atoms with Gasteiger partial charge in [0.2, 0.25) is 11.7 Å². The largest absolute Gasteiger partial charge is 0.460 e. The highest BCUT2D eigenvalue weighted by atomic mass is 19.4. The van der Waals surface area contributed by atoms with Crippen molar-refractivity contribution in [2.24, 2.45) is 0 Å². The molecule has 0 aliphatic rings. The molecule has 0 saturated carbocycles. The second-order valence-electron chi connectivity index (χ2n) is 3.71. The Morgan fingerprint density at radius 1 is 0.609 bits per heavy atom. The van der Waals surface area contributed by atoms with Gasteiger partial charge in [-0.15, -0.1) is 0 Å². The van der Waals surface area contributed by atoms with Crippen LogP contribution < -0.4 is 0 Å². The zero-order valence-corrected chi connectivity index (χ0v) is 9.91. The third-order valence-corrected chi connectivity index (χ3v) is 1.93. The Kier molecular flexibility index (Phi) is 5.64. The molecule has 0 rings (SSSR count). The summed E-state index contributed by atoms with van der Waals surface area (Å²) < 4.78 is 171. The van der Waals surface area contributed by atoms with Gasteiger partial charge >= 0.3 is 30.3 Å². The van der Waals surface area contributed by atoms with Crippen molar-refractivity contribution in [2.75, 3.05) is 6.61 Å². The zero-order chi connectivity index (χ0) is 19.1. The van der Waals surface area contributed by atoms with Gasteiger partial charge in [-0.2, -0.15) is 57.1 Å². The van der Waals surface area contributed by atoms with Crippen LogP contribution in [0.2, 0.25) is 0 Å². The monoisotopic (exact) mass is 380 g/mol. The number of hydrogen-bond acceptors (Lipinski definition) is 1. The highest BCUT2D eigenvalue weighted by molar-refractivity contribution is 5.16. The number of hydrogen-bond donors (Lipinski definition) is 0. The first-order valence-corrected chi connectivity index (χ1v) is 4.74. The number of alkyl halides is 12. The van der Waals surface area contributed by atoms with Gasteiger partial charge in [0.1, 0.15) is 6.61 Å². The standard InChI is InChI=1S/C8H2F14O/c9-2(5(13,14)8(20,21)22)3(10)6(15,16)23-1-4(11,12)7(17,18)19/h1H2. The van der Waals surface area contributed by atoms with Gasteiger partial charge in [0.05, 0.1) is 0 Å². The first-order valence-electron chi connectivity index (χ1n) is 4.74. The van der Waals surface area contributed by atoms with E-state index in [4.69, 9.17) is 0 Å². The normalized spacial score (nSPS) is 16.4. The van der Waals surface area contributed by atoms with E-state index < -0.39 is 48.6 Å². The summed E-state index contributed by atoms with van der Waals surface area (Å²) in [6.07, 6.45) is -19.6. The van der Waals surface area contributed by atoms with Gasteiger partial charge in [-0.25, -0.2) is 4.39 Å². The van der Waals surface area contributed by atoms with Gasteiger partial charge < -0.3 is 4.74 Å². The smallest absolute Gasteiger partial charge is 0.308 e. The molecule has 0 atom stereocenters. The van der Waals surface area contributed by atoms with Gasteiger partial charge in [-0.05, 0) is 0 Å². The second-order valence-corrected chi connectivity index (χ2v) is 3.71. The summed E-state index contributed by atoms with van der Waals surface area (Å²) >= 11 is 0. The van der Waals surface area contributed by atoms with Crippen LogP contribution in [0.4, 0.5) is 61.5 Å². The van der Waals surface area contributed by atoms with Gasteiger partial charge in [0, 0.05) is 0 Å². The molecule has 0 aromatic carbocycles. The lowest BCUT2D eigenvalue weighted by Gasteiger charge is -2.24. The lowest BCUT2D eigenvalue weighted by atomic mass is 10.2. The number of allylic oxidation sites excluding steroid dienone is 1. The molecule has 0 spiro atoms. The molecular formula is C8H2F14O. The van der Waals surface area contributed by atoms with Crippen molar-refractivity contribution in [3.8, 4) is 0 Å². The molecule has 138 valence electrons. The van der Waals surface area contributed by atoms with Crippen LogP contribution in [0.1, 0.15) is 0 Å². The van der Waals surface area contributed by atoms with E-state index in [-0.39, 0.29) is 0 Å². The third kappa shape index (κ3) is 4.60. The zero-order valence-electron chi connectivity index (χ0n) is 9.91. The Hall–Kier alpha value is -1.28. The van der Waals surface area contributed by atoms with Crippen LogP contribution in [0, 0.1) is 0 Å². The first-order chi connectivity index (χ1) is 9.77. The molecule has 1 nitrogen and oxygen atoms in total. The Morgan fingerprint density at radius 3 is 1.30 bits per heavy atom. The van der Waals surface area contributed by atoms with E-state index >= 15 is 0 Å². The average molecular weight is 380 g/mol. The Morgan fingerprint density at radius 2 is 1.00 bits per heavy atom. The molecular weight excluding hydrogens is 378 g/mol. The Balaban J connectivity index is 5.48. The second kappa shape index (κ2) is 5.98. The van der Waals surface area contributed by atoms with E-state index in [1.54, 1.807) is 0 Å². The molecule has 0 fully saturated rings. The van der Waals surface area contributed by atoms with Crippen molar-refractivity contribution < 1.29 is 66.2 Å². The van der Waals surface area contributed by atoms with Crippen LogP contribution in [-0.4, -0.2) is 36.9 Å². The molecule has 0 unspecified atom stereocenters. The summed E-state index contributed by atoms with van der Waals surface area (Å²) in [5.74, 6) is -21.6. The summed E-state index contributed by atoms with van der Waals surface area (Å²) in [5, 5.41) is 0. The van der Waals surface area contributed by atoms with Crippen LogP contribution in [0.25, 0.3) is 0 Å². The predicted molar refractivity (Wildman–Crippen MR) is 42.1 cm³/mol. The van der Waals surface area contributed by atoms with Crippen molar-refractivity contribution in [3.63, 3.8) is 0 Å². The SMILES string of the molecule is FC(=C(F)C(F)(F)C(F)(F)F)C(F)(F)OCC(F)(F)C(F)(F)F. The van der Waals surface area contributed by atoms with Gasteiger partial charge in [-0.1, -0.05) is 0 Å². The van der Waals surface area contributed by atoms with Crippen LogP contribution in [0.3, 0.4) is 0 Å².